The Bertz CT molecular complexity index is 225. The fourth-order valence-electron chi connectivity index (χ4n) is 0.869. The quantitative estimate of drug-likeness (QED) is 0.638. The van der Waals surface area contributed by atoms with Crippen LogP contribution in [-0.2, 0) is 0 Å². The summed E-state index contributed by atoms with van der Waals surface area (Å²) in [6.45, 7) is 6.08. The van der Waals surface area contributed by atoms with Crippen molar-refractivity contribution >= 4 is 5.82 Å². The van der Waals surface area contributed by atoms with E-state index in [0.717, 1.165) is 11.4 Å². The van der Waals surface area contributed by atoms with Gasteiger partial charge in [-0.05, 0) is 20.8 Å². The molecule has 0 amide bonds. The lowest BCUT2D eigenvalue weighted by Crippen LogP contribution is -2.06. The summed E-state index contributed by atoms with van der Waals surface area (Å²) >= 11 is 0. The lowest BCUT2D eigenvalue weighted by atomic mass is 10.3. The highest BCUT2D eigenvalue weighted by Gasteiger charge is 2.04. The first kappa shape index (κ1) is 7.12. The first-order chi connectivity index (χ1) is 4.63. The molecule has 1 heterocycles. The molecule has 3 heteroatoms. The standard InChI is InChI=1S/C7H13N3/c1-5(2)10-7(8)6(3)4-9-10/h4-5H,8H2,1-3H3. The van der Waals surface area contributed by atoms with Crippen molar-refractivity contribution in [2.45, 2.75) is 26.8 Å². The Balaban J connectivity index is 3.05. The van der Waals surface area contributed by atoms with E-state index in [1.807, 2.05) is 11.6 Å². The molecule has 1 aromatic heterocycles. The van der Waals surface area contributed by atoms with Crippen LogP contribution in [0.2, 0.25) is 0 Å². The molecule has 2 N–H and O–H groups in total. The number of nitrogens with zero attached hydrogens (tertiary/aromatic N) is 2. The van der Waals surface area contributed by atoms with Crippen molar-refractivity contribution in [3.05, 3.63) is 11.8 Å². The van der Waals surface area contributed by atoms with Crippen LogP contribution in [0.3, 0.4) is 0 Å². The lowest BCUT2D eigenvalue weighted by molar-refractivity contribution is 0.540. The number of aryl methyl sites for hydroxylation is 1. The molecule has 0 bridgehead atoms. The molecule has 0 radical (unpaired) electrons. The average molecular weight is 139 g/mol. The number of anilines is 1. The maximum absolute atomic E-state index is 5.70. The van der Waals surface area contributed by atoms with Crippen LogP contribution < -0.4 is 5.73 Å². The molecule has 56 valence electrons. The molecular formula is C7H13N3. The van der Waals surface area contributed by atoms with E-state index in [1.165, 1.54) is 0 Å². The van der Waals surface area contributed by atoms with E-state index in [0.29, 0.717) is 6.04 Å². The van der Waals surface area contributed by atoms with Gasteiger partial charge < -0.3 is 5.73 Å². The van der Waals surface area contributed by atoms with Crippen molar-refractivity contribution in [1.29, 1.82) is 0 Å². The van der Waals surface area contributed by atoms with Gasteiger partial charge in [-0.15, -0.1) is 0 Å². The van der Waals surface area contributed by atoms with E-state index in [4.69, 9.17) is 5.73 Å². The first-order valence-electron chi connectivity index (χ1n) is 3.42. The summed E-state index contributed by atoms with van der Waals surface area (Å²) in [4.78, 5) is 0. The smallest absolute Gasteiger partial charge is 0.124 e. The van der Waals surface area contributed by atoms with Crippen molar-refractivity contribution < 1.29 is 0 Å². The third-order valence-electron chi connectivity index (χ3n) is 1.52. The van der Waals surface area contributed by atoms with Gasteiger partial charge in [0, 0.05) is 11.6 Å². The fourth-order valence-corrected chi connectivity index (χ4v) is 0.869. The molecular weight excluding hydrogens is 126 g/mol. The second-order valence-corrected chi connectivity index (χ2v) is 2.75. The Morgan fingerprint density at radius 2 is 2.20 bits per heavy atom. The summed E-state index contributed by atoms with van der Waals surface area (Å²) in [7, 11) is 0. The van der Waals surface area contributed by atoms with E-state index in [1.54, 1.807) is 6.20 Å². The number of nitrogens with two attached hydrogens (primary N) is 1. The van der Waals surface area contributed by atoms with Gasteiger partial charge >= 0.3 is 0 Å². The summed E-state index contributed by atoms with van der Waals surface area (Å²) in [5, 5.41) is 4.11. The van der Waals surface area contributed by atoms with Gasteiger partial charge in [0.1, 0.15) is 5.82 Å². The summed E-state index contributed by atoms with van der Waals surface area (Å²) in [6.07, 6.45) is 1.79. The molecule has 0 spiro atoms. The first-order valence-corrected chi connectivity index (χ1v) is 3.42. The number of rotatable bonds is 1. The molecule has 3 nitrogen and oxygen atoms in total. The van der Waals surface area contributed by atoms with E-state index < -0.39 is 0 Å². The lowest BCUT2D eigenvalue weighted by Gasteiger charge is -2.06. The molecule has 0 aliphatic heterocycles. The van der Waals surface area contributed by atoms with Crippen LogP contribution in [0, 0.1) is 6.92 Å². The molecule has 0 atom stereocenters. The Hall–Kier alpha value is -0.990. The second-order valence-electron chi connectivity index (χ2n) is 2.75. The number of nitrogen functional groups attached to an aromatic ring is 1. The van der Waals surface area contributed by atoms with Gasteiger partial charge in [-0.1, -0.05) is 0 Å². The van der Waals surface area contributed by atoms with Crippen LogP contribution in [-0.4, -0.2) is 9.78 Å². The molecule has 0 saturated heterocycles. The SMILES string of the molecule is Cc1cnn(C(C)C)c1N. The monoisotopic (exact) mass is 139 g/mol. The minimum atomic E-state index is 0.355. The highest BCUT2D eigenvalue weighted by molar-refractivity contribution is 5.37. The number of aromatic nitrogens is 2. The third-order valence-corrected chi connectivity index (χ3v) is 1.52. The summed E-state index contributed by atoms with van der Waals surface area (Å²) in [5.74, 6) is 0.773. The van der Waals surface area contributed by atoms with Crippen molar-refractivity contribution in [3.63, 3.8) is 0 Å². The van der Waals surface area contributed by atoms with Gasteiger partial charge in [0.2, 0.25) is 0 Å². The Morgan fingerprint density at radius 1 is 1.60 bits per heavy atom. The molecule has 0 fully saturated rings. The maximum Gasteiger partial charge on any atom is 0.124 e. The molecule has 0 unspecified atom stereocenters. The molecule has 0 saturated carbocycles. The van der Waals surface area contributed by atoms with E-state index in [2.05, 4.69) is 18.9 Å². The topological polar surface area (TPSA) is 43.8 Å². The molecule has 1 aromatic rings. The van der Waals surface area contributed by atoms with Gasteiger partial charge in [0.25, 0.3) is 0 Å². The maximum atomic E-state index is 5.70. The number of hydrogen-bond donors (Lipinski definition) is 1. The van der Waals surface area contributed by atoms with Gasteiger partial charge in [0.15, 0.2) is 0 Å². The van der Waals surface area contributed by atoms with Crippen molar-refractivity contribution in [1.82, 2.24) is 9.78 Å². The predicted octanol–water partition coefficient (Wildman–Crippen LogP) is 1.35. The van der Waals surface area contributed by atoms with E-state index in [-0.39, 0.29) is 0 Å². The zero-order valence-corrected chi connectivity index (χ0v) is 6.63. The third kappa shape index (κ3) is 0.988. The second kappa shape index (κ2) is 2.33. The largest absolute Gasteiger partial charge is 0.384 e. The van der Waals surface area contributed by atoms with Gasteiger partial charge in [-0.25, -0.2) is 4.68 Å². The van der Waals surface area contributed by atoms with Crippen LogP contribution in [0.1, 0.15) is 25.5 Å². The zero-order chi connectivity index (χ0) is 7.72. The van der Waals surface area contributed by atoms with E-state index >= 15 is 0 Å². The van der Waals surface area contributed by atoms with Crippen molar-refractivity contribution in [2.24, 2.45) is 0 Å². The number of hydrogen-bond acceptors (Lipinski definition) is 2. The summed E-state index contributed by atoms with van der Waals surface area (Å²) in [5.41, 5.74) is 6.75. The minimum Gasteiger partial charge on any atom is -0.384 e. The molecule has 10 heavy (non-hydrogen) atoms. The van der Waals surface area contributed by atoms with Gasteiger partial charge in [0.05, 0.1) is 6.20 Å². The average Bonchev–Trinajstić information content (AvgIpc) is 2.14. The van der Waals surface area contributed by atoms with Crippen LogP contribution in [0.15, 0.2) is 6.20 Å². The molecule has 0 aliphatic carbocycles. The highest BCUT2D eigenvalue weighted by Crippen LogP contribution is 2.13. The van der Waals surface area contributed by atoms with Crippen molar-refractivity contribution in [2.75, 3.05) is 5.73 Å². The molecule has 0 aromatic carbocycles. The minimum absolute atomic E-state index is 0.355. The van der Waals surface area contributed by atoms with E-state index in [9.17, 15) is 0 Å². The normalized spacial score (nSPS) is 10.8. The van der Waals surface area contributed by atoms with Crippen LogP contribution in [0.4, 0.5) is 5.82 Å². The molecule has 1 rings (SSSR count). The Morgan fingerprint density at radius 3 is 2.40 bits per heavy atom. The van der Waals surface area contributed by atoms with Gasteiger partial charge in [-0.2, -0.15) is 5.10 Å². The molecule has 0 aliphatic rings. The van der Waals surface area contributed by atoms with Crippen LogP contribution in [0.5, 0.6) is 0 Å². The van der Waals surface area contributed by atoms with Crippen LogP contribution in [0.25, 0.3) is 0 Å². The summed E-state index contributed by atoms with van der Waals surface area (Å²) in [6, 6.07) is 0.355. The Labute approximate surface area is 60.8 Å². The van der Waals surface area contributed by atoms with Crippen LogP contribution >= 0.6 is 0 Å². The highest BCUT2D eigenvalue weighted by atomic mass is 15.3. The Kier molecular flexibility index (Phi) is 1.66. The predicted molar refractivity (Wildman–Crippen MR) is 41.8 cm³/mol. The van der Waals surface area contributed by atoms with Crippen molar-refractivity contribution in [3.8, 4) is 0 Å². The fraction of sp³-hybridized carbons (Fsp3) is 0.571. The zero-order valence-electron chi connectivity index (χ0n) is 6.63. The van der Waals surface area contributed by atoms with Gasteiger partial charge in [-0.3, -0.25) is 0 Å². The summed E-state index contributed by atoms with van der Waals surface area (Å²) < 4.78 is 1.81.